The maximum atomic E-state index is 4.80. The van der Waals surface area contributed by atoms with Gasteiger partial charge in [0.05, 0.1) is 9.26 Å². The van der Waals surface area contributed by atoms with Crippen molar-refractivity contribution >= 4 is 28.4 Å². The molecule has 0 fully saturated rings. The largest absolute Gasteiger partial charge is 0.369 e. The maximum Gasteiger partial charge on any atom is 0.161 e. The number of rotatable bonds is 4. The Morgan fingerprint density at radius 3 is 2.43 bits per heavy atom. The molecule has 4 heteroatoms. The summed E-state index contributed by atoms with van der Waals surface area (Å²) < 4.78 is 1.12. The third-order valence-electron chi connectivity index (χ3n) is 3.53. The first kappa shape index (κ1) is 16.2. The highest BCUT2D eigenvalue weighted by molar-refractivity contribution is 14.1. The number of anilines is 1. The van der Waals surface area contributed by atoms with E-state index in [1.165, 1.54) is 11.1 Å². The maximum absolute atomic E-state index is 4.80. The SMILES string of the molecule is CCNc1nc(-c2ccc(C)c(C)c2)nc(C(C)C)c1I. The molecule has 1 N–H and O–H groups in total. The quantitative estimate of drug-likeness (QED) is 0.747. The Kier molecular flexibility index (Phi) is 5.19. The van der Waals surface area contributed by atoms with Gasteiger partial charge in [0.15, 0.2) is 5.82 Å². The number of benzene rings is 1. The Labute approximate surface area is 140 Å². The van der Waals surface area contributed by atoms with E-state index in [9.17, 15) is 0 Å². The Morgan fingerprint density at radius 2 is 1.86 bits per heavy atom. The van der Waals surface area contributed by atoms with E-state index in [1.54, 1.807) is 0 Å². The summed E-state index contributed by atoms with van der Waals surface area (Å²) in [4.78, 5) is 9.51. The molecule has 0 atom stereocenters. The van der Waals surface area contributed by atoms with Crippen LogP contribution in [-0.2, 0) is 0 Å². The normalized spacial score (nSPS) is 11.0. The highest BCUT2D eigenvalue weighted by Gasteiger charge is 2.15. The van der Waals surface area contributed by atoms with Crippen LogP contribution in [0.2, 0.25) is 0 Å². The van der Waals surface area contributed by atoms with Gasteiger partial charge in [-0.2, -0.15) is 0 Å². The van der Waals surface area contributed by atoms with Gasteiger partial charge in [-0.1, -0.05) is 26.0 Å². The van der Waals surface area contributed by atoms with Crippen LogP contribution in [0.4, 0.5) is 5.82 Å². The molecule has 0 unspecified atom stereocenters. The molecular formula is C17H22IN3. The minimum Gasteiger partial charge on any atom is -0.369 e. The lowest BCUT2D eigenvalue weighted by Gasteiger charge is -2.15. The van der Waals surface area contributed by atoms with E-state index in [1.807, 2.05) is 0 Å². The van der Waals surface area contributed by atoms with E-state index >= 15 is 0 Å². The van der Waals surface area contributed by atoms with Gasteiger partial charge in [-0.15, -0.1) is 0 Å². The number of hydrogen-bond acceptors (Lipinski definition) is 3. The third kappa shape index (κ3) is 3.54. The van der Waals surface area contributed by atoms with Crippen LogP contribution in [-0.4, -0.2) is 16.5 Å². The first-order valence-corrected chi connectivity index (χ1v) is 8.40. The lowest BCUT2D eigenvalue weighted by molar-refractivity contribution is 0.808. The lowest BCUT2D eigenvalue weighted by atomic mass is 10.1. The molecule has 2 aromatic rings. The standard InChI is InChI=1S/C17H22IN3/c1-6-19-17-14(18)15(10(2)3)20-16(21-17)13-8-7-11(4)12(5)9-13/h7-10H,6H2,1-5H3,(H,19,20,21). The molecule has 0 saturated heterocycles. The fourth-order valence-electron chi connectivity index (χ4n) is 2.14. The van der Waals surface area contributed by atoms with Crippen molar-refractivity contribution in [2.75, 3.05) is 11.9 Å². The van der Waals surface area contributed by atoms with Crippen molar-refractivity contribution in [3.63, 3.8) is 0 Å². The second kappa shape index (κ2) is 6.73. The summed E-state index contributed by atoms with van der Waals surface area (Å²) in [5, 5.41) is 3.35. The van der Waals surface area contributed by atoms with Gasteiger partial charge in [0.1, 0.15) is 5.82 Å². The number of nitrogens with zero attached hydrogens (tertiary/aromatic N) is 2. The third-order valence-corrected chi connectivity index (χ3v) is 4.60. The van der Waals surface area contributed by atoms with Crippen molar-refractivity contribution in [1.82, 2.24) is 9.97 Å². The first-order chi connectivity index (χ1) is 9.93. The number of nitrogens with one attached hydrogen (secondary N) is 1. The van der Waals surface area contributed by atoms with Gasteiger partial charge in [-0.3, -0.25) is 0 Å². The zero-order valence-electron chi connectivity index (χ0n) is 13.3. The van der Waals surface area contributed by atoms with E-state index in [2.05, 4.69) is 80.7 Å². The smallest absolute Gasteiger partial charge is 0.161 e. The molecule has 2 rings (SSSR count). The number of hydrogen-bond donors (Lipinski definition) is 1. The number of aryl methyl sites for hydroxylation is 2. The molecule has 1 aromatic carbocycles. The van der Waals surface area contributed by atoms with Crippen LogP contribution in [0, 0.1) is 17.4 Å². The summed E-state index contributed by atoms with van der Waals surface area (Å²) in [5.41, 5.74) is 4.75. The molecule has 0 amide bonds. The summed E-state index contributed by atoms with van der Waals surface area (Å²) in [5.74, 6) is 2.12. The van der Waals surface area contributed by atoms with Crippen LogP contribution in [0.5, 0.6) is 0 Å². The van der Waals surface area contributed by atoms with Crippen molar-refractivity contribution < 1.29 is 0 Å². The highest BCUT2D eigenvalue weighted by atomic mass is 127. The number of halogens is 1. The van der Waals surface area contributed by atoms with Gasteiger partial charge in [-0.25, -0.2) is 9.97 Å². The Bertz CT molecular complexity index is 651. The minimum absolute atomic E-state index is 0.377. The van der Waals surface area contributed by atoms with Gasteiger partial charge in [0.2, 0.25) is 0 Å². The fourth-order valence-corrected chi connectivity index (χ4v) is 3.20. The number of aromatic nitrogens is 2. The molecular weight excluding hydrogens is 373 g/mol. The van der Waals surface area contributed by atoms with E-state index in [4.69, 9.17) is 9.97 Å². The van der Waals surface area contributed by atoms with Crippen molar-refractivity contribution in [1.29, 1.82) is 0 Å². The molecule has 0 aliphatic carbocycles. The second-order valence-electron chi connectivity index (χ2n) is 5.58. The summed E-state index contributed by atoms with van der Waals surface area (Å²) >= 11 is 2.34. The molecule has 3 nitrogen and oxygen atoms in total. The molecule has 0 bridgehead atoms. The molecule has 21 heavy (non-hydrogen) atoms. The van der Waals surface area contributed by atoms with Crippen molar-refractivity contribution in [2.24, 2.45) is 0 Å². The van der Waals surface area contributed by atoms with Gasteiger partial charge < -0.3 is 5.32 Å². The summed E-state index contributed by atoms with van der Waals surface area (Å²) in [6, 6.07) is 6.40. The van der Waals surface area contributed by atoms with Gasteiger partial charge in [0.25, 0.3) is 0 Å². The summed E-state index contributed by atoms with van der Waals surface area (Å²) in [7, 11) is 0. The average molecular weight is 395 g/mol. The zero-order chi connectivity index (χ0) is 15.6. The Balaban J connectivity index is 2.59. The van der Waals surface area contributed by atoms with Crippen molar-refractivity contribution in [3.8, 4) is 11.4 Å². The summed E-state index contributed by atoms with van der Waals surface area (Å²) in [6.07, 6.45) is 0. The van der Waals surface area contributed by atoms with Crippen LogP contribution >= 0.6 is 22.6 Å². The molecule has 112 valence electrons. The predicted octanol–water partition coefficient (Wildman–Crippen LogP) is 4.92. The van der Waals surface area contributed by atoms with Crippen LogP contribution < -0.4 is 5.32 Å². The van der Waals surface area contributed by atoms with Crippen LogP contribution in [0.15, 0.2) is 18.2 Å². The van der Waals surface area contributed by atoms with E-state index < -0.39 is 0 Å². The molecule has 0 aliphatic rings. The second-order valence-corrected chi connectivity index (χ2v) is 6.66. The average Bonchev–Trinajstić information content (AvgIpc) is 2.44. The van der Waals surface area contributed by atoms with E-state index in [-0.39, 0.29) is 0 Å². The topological polar surface area (TPSA) is 37.8 Å². The van der Waals surface area contributed by atoms with Gasteiger partial charge >= 0.3 is 0 Å². The monoisotopic (exact) mass is 395 g/mol. The van der Waals surface area contributed by atoms with E-state index in [0.29, 0.717) is 5.92 Å². The Morgan fingerprint density at radius 1 is 1.14 bits per heavy atom. The van der Waals surface area contributed by atoms with Gasteiger partial charge in [-0.05, 0) is 66.5 Å². The van der Waals surface area contributed by atoms with Crippen LogP contribution in [0.25, 0.3) is 11.4 Å². The van der Waals surface area contributed by atoms with Gasteiger partial charge in [0, 0.05) is 12.1 Å². The lowest BCUT2D eigenvalue weighted by Crippen LogP contribution is -2.09. The molecule has 1 aromatic heterocycles. The van der Waals surface area contributed by atoms with Crippen LogP contribution in [0.3, 0.4) is 0 Å². The van der Waals surface area contributed by atoms with Crippen molar-refractivity contribution in [3.05, 3.63) is 38.6 Å². The van der Waals surface area contributed by atoms with Crippen molar-refractivity contribution in [2.45, 2.75) is 40.5 Å². The fraction of sp³-hybridized carbons (Fsp3) is 0.412. The summed E-state index contributed by atoms with van der Waals surface area (Å²) in [6.45, 7) is 11.5. The molecule has 1 heterocycles. The van der Waals surface area contributed by atoms with E-state index in [0.717, 1.165) is 33.0 Å². The highest BCUT2D eigenvalue weighted by Crippen LogP contribution is 2.29. The Hall–Kier alpha value is -1.17. The predicted molar refractivity (Wildman–Crippen MR) is 97.9 cm³/mol. The first-order valence-electron chi connectivity index (χ1n) is 7.33. The molecule has 0 spiro atoms. The molecule has 0 saturated carbocycles. The van der Waals surface area contributed by atoms with Crippen LogP contribution in [0.1, 0.15) is 43.5 Å². The molecule has 0 radical (unpaired) electrons. The zero-order valence-corrected chi connectivity index (χ0v) is 15.4. The molecule has 0 aliphatic heterocycles. The minimum atomic E-state index is 0.377.